The molecular weight excluding hydrogens is 394 g/mol. The van der Waals surface area contributed by atoms with Crippen LogP contribution in [0.25, 0.3) is 16.6 Å². The largest absolute Gasteiger partial charge is 0.339 e. The van der Waals surface area contributed by atoms with Crippen molar-refractivity contribution >= 4 is 28.6 Å². The standard InChI is InChI=1S/C24H27N3O2S/c1-16-11-12-17(2)21(14-16)27-23(29)19-9-4-5-10-20(19)25-24(27)30-15-22(28)26-13-7-6-8-18(26)3/h4-5,9-12,14,18H,6-8,13,15H2,1-3H3. The molecule has 1 amide bonds. The molecule has 0 radical (unpaired) electrons. The van der Waals surface area contributed by atoms with Crippen LogP contribution in [-0.2, 0) is 4.79 Å². The second kappa shape index (κ2) is 8.64. The van der Waals surface area contributed by atoms with E-state index >= 15 is 0 Å². The molecule has 1 atom stereocenters. The fourth-order valence-electron chi connectivity index (χ4n) is 4.06. The number of hydrogen-bond acceptors (Lipinski definition) is 4. The number of hydrogen-bond donors (Lipinski definition) is 0. The third-order valence-corrected chi connectivity index (χ3v) is 6.72. The van der Waals surface area contributed by atoms with E-state index in [1.54, 1.807) is 10.6 Å². The SMILES string of the molecule is Cc1ccc(C)c(-n2c(SCC(=O)N3CCCCC3C)nc3ccccc3c2=O)c1. The molecule has 4 rings (SSSR count). The zero-order valence-corrected chi connectivity index (χ0v) is 18.5. The minimum Gasteiger partial charge on any atom is -0.339 e. The van der Waals surface area contributed by atoms with Crippen LogP contribution >= 0.6 is 11.8 Å². The molecule has 2 aromatic carbocycles. The monoisotopic (exact) mass is 421 g/mol. The number of aromatic nitrogens is 2. The smallest absolute Gasteiger partial charge is 0.266 e. The fourth-order valence-corrected chi connectivity index (χ4v) is 4.95. The highest BCUT2D eigenvalue weighted by Crippen LogP contribution is 2.25. The van der Waals surface area contributed by atoms with Crippen molar-refractivity contribution in [3.8, 4) is 5.69 Å². The Bertz CT molecular complexity index is 1150. The van der Waals surface area contributed by atoms with Crippen molar-refractivity contribution in [2.45, 2.75) is 51.2 Å². The number of likely N-dealkylation sites (tertiary alicyclic amines) is 1. The lowest BCUT2D eigenvalue weighted by Gasteiger charge is -2.33. The number of rotatable bonds is 4. The highest BCUT2D eigenvalue weighted by molar-refractivity contribution is 7.99. The number of thioether (sulfide) groups is 1. The zero-order valence-electron chi connectivity index (χ0n) is 17.7. The van der Waals surface area contributed by atoms with E-state index in [2.05, 4.69) is 6.92 Å². The van der Waals surface area contributed by atoms with Crippen LogP contribution < -0.4 is 5.56 Å². The minimum atomic E-state index is -0.101. The number of nitrogens with zero attached hydrogens (tertiary/aromatic N) is 3. The molecule has 156 valence electrons. The van der Waals surface area contributed by atoms with Gasteiger partial charge in [-0.05, 0) is 69.4 Å². The van der Waals surface area contributed by atoms with Crippen LogP contribution in [0, 0.1) is 13.8 Å². The molecule has 0 spiro atoms. The van der Waals surface area contributed by atoms with Gasteiger partial charge in [-0.1, -0.05) is 36.0 Å². The predicted octanol–water partition coefficient (Wildman–Crippen LogP) is 4.50. The van der Waals surface area contributed by atoms with Crippen LogP contribution in [0.4, 0.5) is 0 Å². The first-order valence-corrected chi connectivity index (χ1v) is 11.5. The lowest BCUT2D eigenvalue weighted by Crippen LogP contribution is -2.43. The second-order valence-corrected chi connectivity index (χ2v) is 9.01. The van der Waals surface area contributed by atoms with Gasteiger partial charge in [0.15, 0.2) is 5.16 Å². The van der Waals surface area contributed by atoms with Gasteiger partial charge in [0.05, 0.1) is 22.3 Å². The van der Waals surface area contributed by atoms with E-state index in [9.17, 15) is 9.59 Å². The van der Waals surface area contributed by atoms with Crippen LogP contribution in [0.1, 0.15) is 37.3 Å². The Hall–Kier alpha value is -2.60. The van der Waals surface area contributed by atoms with E-state index in [0.29, 0.717) is 16.1 Å². The Labute approximate surface area is 181 Å². The molecule has 2 heterocycles. The molecule has 30 heavy (non-hydrogen) atoms. The van der Waals surface area contributed by atoms with Gasteiger partial charge in [0.2, 0.25) is 5.91 Å². The molecule has 1 aliphatic heterocycles. The van der Waals surface area contributed by atoms with Gasteiger partial charge >= 0.3 is 0 Å². The summed E-state index contributed by atoms with van der Waals surface area (Å²) in [5, 5.41) is 1.14. The van der Waals surface area contributed by atoms with E-state index < -0.39 is 0 Å². The maximum absolute atomic E-state index is 13.4. The van der Waals surface area contributed by atoms with Crippen LogP contribution in [0.2, 0.25) is 0 Å². The number of carbonyl (C=O) groups excluding carboxylic acids is 1. The van der Waals surface area contributed by atoms with Crippen molar-refractivity contribution in [2.75, 3.05) is 12.3 Å². The number of piperidine rings is 1. The van der Waals surface area contributed by atoms with E-state index in [-0.39, 0.29) is 23.3 Å². The van der Waals surface area contributed by atoms with Crippen molar-refractivity contribution in [1.29, 1.82) is 0 Å². The zero-order chi connectivity index (χ0) is 21.3. The number of fused-ring (bicyclic) bond motifs is 1. The Morgan fingerprint density at radius 1 is 1.17 bits per heavy atom. The maximum Gasteiger partial charge on any atom is 0.266 e. The average molecular weight is 422 g/mol. The molecule has 6 heteroatoms. The molecule has 1 aliphatic rings. The average Bonchev–Trinajstić information content (AvgIpc) is 2.74. The number of amides is 1. The van der Waals surface area contributed by atoms with Gasteiger partial charge < -0.3 is 4.90 Å². The third kappa shape index (κ3) is 4.01. The summed E-state index contributed by atoms with van der Waals surface area (Å²) in [5.41, 5.74) is 3.45. The highest BCUT2D eigenvalue weighted by atomic mass is 32.2. The van der Waals surface area contributed by atoms with Gasteiger partial charge in [-0.15, -0.1) is 0 Å². The predicted molar refractivity (Wildman–Crippen MR) is 123 cm³/mol. The topological polar surface area (TPSA) is 55.2 Å². The third-order valence-electron chi connectivity index (χ3n) is 5.80. The lowest BCUT2D eigenvalue weighted by atomic mass is 10.0. The van der Waals surface area contributed by atoms with Crippen molar-refractivity contribution in [1.82, 2.24) is 14.5 Å². The lowest BCUT2D eigenvalue weighted by molar-refractivity contribution is -0.131. The van der Waals surface area contributed by atoms with Crippen molar-refractivity contribution < 1.29 is 4.79 Å². The normalized spacial score (nSPS) is 16.8. The Balaban J connectivity index is 1.75. The molecule has 1 aromatic heterocycles. The summed E-state index contributed by atoms with van der Waals surface area (Å²) in [6.45, 7) is 6.93. The maximum atomic E-state index is 13.4. The van der Waals surface area contributed by atoms with Crippen molar-refractivity contribution in [3.63, 3.8) is 0 Å². The van der Waals surface area contributed by atoms with Crippen molar-refractivity contribution in [3.05, 3.63) is 63.9 Å². The molecule has 0 N–H and O–H groups in total. The van der Waals surface area contributed by atoms with E-state index in [1.165, 1.54) is 18.2 Å². The molecule has 0 aliphatic carbocycles. The summed E-state index contributed by atoms with van der Waals surface area (Å²) in [6, 6.07) is 13.7. The number of para-hydroxylation sites is 1. The summed E-state index contributed by atoms with van der Waals surface area (Å²) in [6.07, 6.45) is 3.29. The minimum absolute atomic E-state index is 0.101. The first-order valence-electron chi connectivity index (χ1n) is 10.5. The van der Waals surface area contributed by atoms with E-state index in [1.807, 2.05) is 55.1 Å². The molecule has 0 bridgehead atoms. The summed E-state index contributed by atoms with van der Waals surface area (Å²) in [5.74, 6) is 0.391. The Morgan fingerprint density at radius 2 is 1.97 bits per heavy atom. The van der Waals surface area contributed by atoms with Gasteiger partial charge in [0.25, 0.3) is 5.56 Å². The van der Waals surface area contributed by atoms with E-state index in [0.717, 1.165) is 36.2 Å². The van der Waals surface area contributed by atoms with E-state index in [4.69, 9.17) is 4.98 Å². The fraction of sp³-hybridized carbons (Fsp3) is 0.375. The van der Waals surface area contributed by atoms with Crippen LogP contribution in [-0.4, -0.2) is 38.7 Å². The first-order chi connectivity index (χ1) is 14.5. The molecule has 0 saturated carbocycles. The van der Waals surface area contributed by atoms with Crippen molar-refractivity contribution in [2.24, 2.45) is 0 Å². The molecule has 1 saturated heterocycles. The van der Waals surface area contributed by atoms with Gasteiger partial charge in [-0.2, -0.15) is 0 Å². The summed E-state index contributed by atoms with van der Waals surface area (Å²) >= 11 is 1.35. The van der Waals surface area contributed by atoms with Gasteiger partial charge in [-0.3, -0.25) is 14.2 Å². The summed E-state index contributed by atoms with van der Waals surface area (Å²) in [4.78, 5) is 33.1. The molecule has 3 aromatic rings. The number of aryl methyl sites for hydroxylation is 2. The first kappa shape index (κ1) is 20.7. The Kier molecular flexibility index (Phi) is 5.95. The molecular formula is C24H27N3O2S. The quantitative estimate of drug-likeness (QED) is 0.460. The van der Waals surface area contributed by atoms with Crippen LogP contribution in [0.3, 0.4) is 0 Å². The molecule has 5 nitrogen and oxygen atoms in total. The summed E-state index contributed by atoms with van der Waals surface area (Å²) < 4.78 is 1.67. The van der Waals surface area contributed by atoms with Gasteiger partial charge in [-0.25, -0.2) is 4.98 Å². The number of benzene rings is 2. The van der Waals surface area contributed by atoms with Gasteiger partial charge in [0, 0.05) is 12.6 Å². The second-order valence-electron chi connectivity index (χ2n) is 8.06. The highest BCUT2D eigenvalue weighted by Gasteiger charge is 2.24. The summed E-state index contributed by atoms with van der Waals surface area (Å²) in [7, 11) is 0. The van der Waals surface area contributed by atoms with Crippen LogP contribution in [0.15, 0.2) is 52.4 Å². The molecule has 1 unspecified atom stereocenters. The number of carbonyl (C=O) groups is 1. The molecule has 1 fully saturated rings. The van der Waals surface area contributed by atoms with Gasteiger partial charge in [0.1, 0.15) is 0 Å². The Morgan fingerprint density at radius 3 is 2.77 bits per heavy atom. The van der Waals surface area contributed by atoms with Crippen LogP contribution in [0.5, 0.6) is 0 Å².